The first-order valence-corrected chi connectivity index (χ1v) is 11.5. The fourth-order valence-corrected chi connectivity index (χ4v) is 4.52. The summed E-state index contributed by atoms with van der Waals surface area (Å²) in [6.45, 7) is 6.78. The van der Waals surface area contributed by atoms with Crippen molar-refractivity contribution in [1.29, 1.82) is 0 Å². The van der Waals surface area contributed by atoms with Gasteiger partial charge >= 0.3 is 0 Å². The lowest BCUT2D eigenvalue weighted by Gasteiger charge is -2.37. The van der Waals surface area contributed by atoms with E-state index in [4.69, 9.17) is 21.1 Å². The lowest BCUT2D eigenvalue weighted by atomic mass is 10.1. The van der Waals surface area contributed by atoms with Crippen molar-refractivity contribution >= 4 is 23.2 Å². The van der Waals surface area contributed by atoms with Crippen molar-refractivity contribution < 1.29 is 19.4 Å². The van der Waals surface area contributed by atoms with Crippen molar-refractivity contribution in [3.63, 3.8) is 0 Å². The topological polar surface area (TPSA) is 74.3 Å². The van der Waals surface area contributed by atoms with Gasteiger partial charge in [-0.05, 0) is 42.7 Å². The Balaban J connectivity index is 1.19. The Morgan fingerprint density at radius 1 is 1.16 bits per heavy atom. The van der Waals surface area contributed by atoms with E-state index >= 15 is 0 Å². The minimum Gasteiger partial charge on any atom is -0.454 e. The van der Waals surface area contributed by atoms with E-state index in [1.165, 1.54) is 5.56 Å². The number of carbonyl (C=O) groups excluding carboxylic acids is 1. The van der Waals surface area contributed by atoms with Crippen LogP contribution in [-0.4, -0.2) is 68.1 Å². The molecule has 1 atom stereocenters. The van der Waals surface area contributed by atoms with Crippen LogP contribution in [0.1, 0.15) is 29.3 Å². The summed E-state index contributed by atoms with van der Waals surface area (Å²) in [5.41, 5.74) is 2.79. The predicted octanol–water partition coefficient (Wildman–Crippen LogP) is 2.93. The van der Waals surface area contributed by atoms with Crippen molar-refractivity contribution in [2.75, 3.05) is 51.0 Å². The SMILES string of the molecule is CCc1cccc(N2CCN(CC(O)CCNC(=O)c3ccc4c(c3)OCO4)CC2)c1Cl. The lowest BCUT2D eigenvalue weighted by molar-refractivity contribution is 0.0902. The predicted molar refractivity (Wildman–Crippen MR) is 125 cm³/mol. The molecule has 2 aliphatic heterocycles. The molecule has 0 radical (unpaired) electrons. The van der Waals surface area contributed by atoms with Crippen LogP contribution in [0.25, 0.3) is 0 Å². The van der Waals surface area contributed by atoms with Crippen LogP contribution >= 0.6 is 11.6 Å². The molecule has 2 N–H and O–H groups in total. The van der Waals surface area contributed by atoms with Gasteiger partial charge in [-0.1, -0.05) is 30.7 Å². The Bertz CT molecular complexity index is 947. The number of ether oxygens (including phenoxy) is 2. The molecule has 1 amide bonds. The van der Waals surface area contributed by atoms with Crippen LogP contribution in [0.2, 0.25) is 5.02 Å². The van der Waals surface area contributed by atoms with E-state index in [1.54, 1.807) is 18.2 Å². The summed E-state index contributed by atoms with van der Waals surface area (Å²) in [4.78, 5) is 16.9. The molecule has 2 aliphatic rings. The highest BCUT2D eigenvalue weighted by atomic mass is 35.5. The molecule has 2 aromatic carbocycles. The van der Waals surface area contributed by atoms with Gasteiger partial charge in [0, 0.05) is 44.8 Å². The monoisotopic (exact) mass is 459 g/mol. The highest BCUT2D eigenvalue weighted by Crippen LogP contribution is 2.32. The molecule has 0 bridgehead atoms. The summed E-state index contributed by atoms with van der Waals surface area (Å²) in [7, 11) is 0. The van der Waals surface area contributed by atoms with Crippen molar-refractivity contribution in [2.24, 2.45) is 0 Å². The molecular formula is C24H30ClN3O4. The van der Waals surface area contributed by atoms with Gasteiger partial charge in [0.15, 0.2) is 11.5 Å². The highest BCUT2D eigenvalue weighted by Gasteiger charge is 2.22. The van der Waals surface area contributed by atoms with Crippen LogP contribution in [0.15, 0.2) is 36.4 Å². The molecule has 2 heterocycles. The number of hydrogen-bond donors (Lipinski definition) is 2. The Kier molecular flexibility index (Phi) is 7.40. The maximum absolute atomic E-state index is 12.3. The second-order valence-corrected chi connectivity index (χ2v) is 8.54. The number of halogens is 1. The lowest BCUT2D eigenvalue weighted by Crippen LogP contribution is -2.49. The van der Waals surface area contributed by atoms with Gasteiger partial charge in [0.1, 0.15) is 0 Å². The second kappa shape index (κ2) is 10.4. The molecule has 0 spiro atoms. The molecule has 1 saturated heterocycles. The van der Waals surface area contributed by atoms with Gasteiger partial charge in [0.05, 0.1) is 16.8 Å². The van der Waals surface area contributed by atoms with Gasteiger partial charge < -0.3 is 24.8 Å². The number of piperazine rings is 1. The summed E-state index contributed by atoms with van der Waals surface area (Å²) >= 11 is 6.57. The van der Waals surface area contributed by atoms with Gasteiger partial charge in [0.2, 0.25) is 6.79 Å². The first-order chi connectivity index (χ1) is 15.5. The number of rotatable bonds is 8. The molecule has 0 aromatic heterocycles. The van der Waals surface area contributed by atoms with E-state index in [1.807, 2.05) is 0 Å². The van der Waals surface area contributed by atoms with Gasteiger partial charge in [-0.2, -0.15) is 0 Å². The van der Waals surface area contributed by atoms with Gasteiger partial charge in [-0.25, -0.2) is 0 Å². The van der Waals surface area contributed by atoms with Gasteiger partial charge in [-0.3, -0.25) is 9.69 Å². The molecule has 2 aromatic rings. The molecule has 172 valence electrons. The molecule has 1 fully saturated rings. The molecule has 1 unspecified atom stereocenters. The number of anilines is 1. The standard InChI is InChI=1S/C24H30ClN3O4/c1-2-17-4-3-5-20(23(17)25)28-12-10-27(11-13-28)15-19(29)8-9-26-24(30)18-6-7-21-22(14-18)32-16-31-21/h3-7,14,19,29H,2,8-13,15-16H2,1H3,(H,26,30). The largest absolute Gasteiger partial charge is 0.454 e. The number of fused-ring (bicyclic) bond motifs is 1. The summed E-state index contributed by atoms with van der Waals surface area (Å²) < 4.78 is 10.6. The summed E-state index contributed by atoms with van der Waals surface area (Å²) in [6.07, 6.45) is 0.927. The molecule has 0 aliphatic carbocycles. The quantitative estimate of drug-likeness (QED) is 0.632. The Labute approximate surface area is 193 Å². The maximum Gasteiger partial charge on any atom is 0.251 e. The molecule has 8 heteroatoms. The summed E-state index contributed by atoms with van der Waals surface area (Å²) in [5, 5.41) is 14.2. The number of aryl methyl sites for hydroxylation is 1. The van der Waals surface area contributed by atoms with Crippen LogP contribution in [0.3, 0.4) is 0 Å². The number of nitrogens with one attached hydrogen (secondary N) is 1. The molecule has 7 nitrogen and oxygen atoms in total. The number of nitrogens with zero attached hydrogens (tertiary/aromatic N) is 2. The first-order valence-electron chi connectivity index (χ1n) is 11.2. The van der Waals surface area contributed by atoms with E-state index in [-0.39, 0.29) is 12.7 Å². The van der Waals surface area contributed by atoms with Crippen LogP contribution in [0, 0.1) is 0 Å². The Hall–Kier alpha value is -2.48. The average Bonchev–Trinajstić information content (AvgIpc) is 3.28. The fourth-order valence-electron chi connectivity index (χ4n) is 4.14. The molecule has 32 heavy (non-hydrogen) atoms. The average molecular weight is 460 g/mol. The van der Waals surface area contributed by atoms with E-state index in [0.717, 1.165) is 43.3 Å². The van der Waals surface area contributed by atoms with Crippen LogP contribution in [-0.2, 0) is 6.42 Å². The van der Waals surface area contributed by atoms with Gasteiger partial charge in [0.25, 0.3) is 5.91 Å². The zero-order valence-corrected chi connectivity index (χ0v) is 19.1. The van der Waals surface area contributed by atoms with E-state index < -0.39 is 6.10 Å². The van der Waals surface area contributed by atoms with Crippen molar-refractivity contribution in [2.45, 2.75) is 25.9 Å². The first kappa shape index (κ1) is 22.7. The third-order valence-electron chi connectivity index (χ3n) is 6.02. The highest BCUT2D eigenvalue weighted by molar-refractivity contribution is 6.34. The number of β-amino-alcohol motifs (C(OH)–C–C–N with tert-alkyl or cyclic N) is 1. The van der Waals surface area contributed by atoms with Crippen molar-refractivity contribution in [3.8, 4) is 11.5 Å². The molecule has 0 saturated carbocycles. The Morgan fingerprint density at radius 3 is 2.72 bits per heavy atom. The number of hydrogen-bond acceptors (Lipinski definition) is 6. The minimum atomic E-state index is -0.495. The van der Waals surface area contributed by atoms with Crippen LogP contribution in [0.5, 0.6) is 11.5 Å². The van der Waals surface area contributed by atoms with E-state index in [0.29, 0.717) is 36.6 Å². The van der Waals surface area contributed by atoms with Crippen LogP contribution < -0.4 is 19.7 Å². The minimum absolute atomic E-state index is 0.180. The van der Waals surface area contributed by atoms with Crippen molar-refractivity contribution in [3.05, 3.63) is 52.5 Å². The zero-order valence-electron chi connectivity index (χ0n) is 18.3. The second-order valence-electron chi connectivity index (χ2n) is 8.16. The van der Waals surface area contributed by atoms with E-state index in [2.05, 4.69) is 40.2 Å². The van der Waals surface area contributed by atoms with E-state index in [9.17, 15) is 9.90 Å². The third-order valence-corrected chi connectivity index (χ3v) is 6.46. The van der Waals surface area contributed by atoms with Crippen LogP contribution in [0.4, 0.5) is 5.69 Å². The maximum atomic E-state index is 12.3. The number of aliphatic hydroxyl groups excluding tert-OH is 1. The van der Waals surface area contributed by atoms with Gasteiger partial charge in [-0.15, -0.1) is 0 Å². The zero-order chi connectivity index (χ0) is 22.5. The molecule has 4 rings (SSSR count). The Morgan fingerprint density at radius 2 is 1.94 bits per heavy atom. The number of amides is 1. The number of aliphatic hydroxyl groups is 1. The summed E-state index contributed by atoms with van der Waals surface area (Å²) in [5.74, 6) is 1.05. The van der Waals surface area contributed by atoms with Crippen molar-refractivity contribution in [1.82, 2.24) is 10.2 Å². The fraction of sp³-hybridized carbons (Fsp3) is 0.458. The number of carbonyl (C=O) groups is 1. The normalized spacial score (nSPS) is 16.8. The molecular weight excluding hydrogens is 430 g/mol. The number of benzene rings is 2. The third kappa shape index (κ3) is 5.28. The smallest absolute Gasteiger partial charge is 0.251 e. The summed E-state index contributed by atoms with van der Waals surface area (Å²) in [6, 6.07) is 11.3.